The van der Waals surface area contributed by atoms with Gasteiger partial charge in [0.2, 0.25) is 0 Å². The van der Waals surface area contributed by atoms with E-state index in [0.29, 0.717) is 11.5 Å². The summed E-state index contributed by atoms with van der Waals surface area (Å²) in [6.45, 7) is 11.5. The molecule has 1 atom stereocenters. The number of carbonyl (C=O) groups is 1. The van der Waals surface area contributed by atoms with E-state index in [1.165, 1.54) is 16.7 Å². The minimum absolute atomic E-state index is 0.294. The molecule has 0 aliphatic heterocycles. The Morgan fingerprint density at radius 1 is 1.37 bits per heavy atom. The van der Waals surface area contributed by atoms with Gasteiger partial charge in [0.25, 0.3) is 0 Å². The van der Waals surface area contributed by atoms with Crippen molar-refractivity contribution in [2.45, 2.75) is 46.1 Å². The Balaban J connectivity index is 2.15. The largest absolute Gasteiger partial charge is 0.456 e. The van der Waals surface area contributed by atoms with E-state index in [1.54, 1.807) is 6.92 Å². The smallest absolute Gasteiger partial charge is 0.333 e. The highest BCUT2D eigenvalue weighted by molar-refractivity contribution is 5.87. The maximum atomic E-state index is 11.7. The van der Waals surface area contributed by atoms with Gasteiger partial charge in [-0.05, 0) is 57.2 Å². The Kier molecular flexibility index (Phi) is 3.53. The highest BCUT2D eigenvalue weighted by atomic mass is 16.6. The zero-order valence-electron chi connectivity index (χ0n) is 12.2. The predicted molar refractivity (Wildman–Crippen MR) is 77.1 cm³/mol. The van der Waals surface area contributed by atoms with Crippen molar-refractivity contribution in [1.29, 1.82) is 0 Å². The molecule has 1 aliphatic rings. The first-order valence-electron chi connectivity index (χ1n) is 6.77. The number of hydrogen-bond donors (Lipinski definition) is 0. The van der Waals surface area contributed by atoms with Gasteiger partial charge in [-0.1, -0.05) is 24.8 Å². The van der Waals surface area contributed by atoms with Crippen LogP contribution in [0.1, 0.15) is 37.5 Å². The fourth-order valence-electron chi connectivity index (χ4n) is 2.73. The summed E-state index contributed by atoms with van der Waals surface area (Å²) in [5, 5.41) is 0. The molecule has 1 aromatic carbocycles. The molecule has 0 fully saturated rings. The quantitative estimate of drug-likeness (QED) is 0.611. The van der Waals surface area contributed by atoms with Crippen molar-refractivity contribution in [2.75, 3.05) is 0 Å². The highest BCUT2D eigenvalue weighted by Crippen LogP contribution is 2.37. The first-order valence-corrected chi connectivity index (χ1v) is 6.77. The molecule has 1 aromatic rings. The molecule has 0 spiro atoms. The molecule has 102 valence electrons. The van der Waals surface area contributed by atoms with Crippen LogP contribution >= 0.6 is 0 Å². The van der Waals surface area contributed by atoms with Crippen molar-refractivity contribution >= 4 is 5.97 Å². The summed E-state index contributed by atoms with van der Waals surface area (Å²) in [5.41, 5.74) is 4.15. The van der Waals surface area contributed by atoms with Crippen molar-refractivity contribution in [3.8, 4) is 0 Å². The van der Waals surface area contributed by atoms with Crippen LogP contribution in [0.4, 0.5) is 0 Å². The second kappa shape index (κ2) is 4.84. The number of ether oxygens (including phenoxy) is 1. The molecule has 2 nitrogen and oxygen atoms in total. The zero-order valence-corrected chi connectivity index (χ0v) is 12.2. The third kappa shape index (κ3) is 2.73. The summed E-state index contributed by atoms with van der Waals surface area (Å²) >= 11 is 0. The van der Waals surface area contributed by atoms with Crippen LogP contribution in [0.3, 0.4) is 0 Å². The Hall–Kier alpha value is -1.57. The topological polar surface area (TPSA) is 26.3 Å². The number of rotatable bonds is 3. The maximum Gasteiger partial charge on any atom is 0.333 e. The molecule has 0 saturated heterocycles. The second-order valence-corrected chi connectivity index (χ2v) is 6.09. The van der Waals surface area contributed by atoms with Gasteiger partial charge in [-0.3, -0.25) is 0 Å². The van der Waals surface area contributed by atoms with Gasteiger partial charge in [0.1, 0.15) is 5.60 Å². The first-order chi connectivity index (χ1) is 8.81. The van der Waals surface area contributed by atoms with E-state index in [1.807, 2.05) is 13.8 Å². The minimum atomic E-state index is -0.457. The van der Waals surface area contributed by atoms with Gasteiger partial charge < -0.3 is 4.74 Å². The molecule has 2 heteroatoms. The molecule has 1 unspecified atom stereocenters. The van der Waals surface area contributed by atoms with E-state index in [4.69, 9.17) is 4.74 Å². The van der Waals surface area contributed by atoms with E-state index in [0.717, 1.165) is 12.8 Å². The third-order valence-corrected chi connectivity index (χ3v) is 4.11. The van der Waals surface area contributed by atoms with Crippen molar-refractivity contribution in [2.24, 2.45) is 5.92 Å². The van der Waals surface area contributed by atoms with Gasteiger partial charge in [0.15, 0.2) is 0 Å². The van der Waals surface area contributed by atoms with Crippen molar-refractivity contribution in [1.82, 2.24) is 0 Å². The van der Waals surface area contributed by atoms with E-state index in [-0.39, 0.29) is 5.97 Å². The van der Waals surface area contributed by atoms with Crippen LogP contribution < -0.4 is 0 Å². The SMILES string of the molecule is C=C(C)C(=O)OC(C)(C)C1Cc2cccc(C)c2C1. The zero-order chi connectivity index (χ0) is 14.2. The van der Waals surface area contributed by atoms with Crippen molar-refractivity contribution in [3.05, 3.63) is 47.0 Å². The molecule has 2 rings (SSSR count). The van der Waals surface area contributed by atoms with Gasteiger partial charge in [-0.2, -0.15) is 0 Å². The van der Waals surface area contributed by atoms with Crippen LogP contribution in [0.2, 0.25) is 0 Å². The predicted octanol–water partition coefficient (Wildman–Crippen LogP) is 3.61. The maximum absolute atomic E-state index is 11.7. The Morgan fingerprint density at radius 2 is 2.05 bits per heavy atom. The lowest BCUT2D eigenvalue weighted by atomic mass is 9.88. The fraction of sp³-hybridized carbons (Fsp3) is 0.471. The molecule has 0 heterocycles. The van der Waals surface area contributed by atoms with Crippen LogP contribution in [-0.4, -0.2) is 11.6 Å². The van der Waals surface area contributed by atoms with E-state index in [2.05, 4.69) is 31.7 Å². The second-order valence-electron chi connectivity index (χ2n) is 6.09. The van der Waals surface area contributed by atoms with E-state index < -0.39 is 5.60 Å². The molecule has 0 radical (unpaired) electrons. The summed E-state index contributed by atoms with van der Waals surface area (Å²) in [5.74, 6) is 0.0459. The first kappa shape index (κ1) is 13.9. The molecular weight excluding hydrogens is 236 g/mol. The molecule has 0 saturated carbocycles. The average Bonchev–Trinajstić information content (AvgIpc) is 2.74. The number of hydrogen-bond acceptors (Lipinski definition) is 2. The number of fused-ring (bicyclic) bond motifs is 1. The Morgan fingerprint density at radius 3 is 2.63 bits per heavy atom. The molecule has 19 heavy (non-hydrogen) atoms. The van der Waals surface area contributed by atoms with Gasteiger partial charge >= 0.3 is 5.97 Å². The van der Waals surface area contributed by atoms with Crippen LogP contribution in [-0.2, 0) is 22.4 Å². The van der Waals surface area contributed by atoms with Gasteiger partial charge in [-0.15, -0.1) is 0 Å². The van der Waals surface area contributed by atoms with Crippen molar-refractivity contribution < 1.29 is 9.53 Å². The summed E-state index contributed by atoms with van der Waals surface area (Å²) in [6, 6.07) is 6.43. The lowest BCUT2D eigenvalue weighted by molar-refractivity contribution is -0.156. The van der Waals surface area contributed by atoms with Gasteiger partial charge in [0.05, 0.1) is 0 Å². The van der Waals surface area contributed by atoms with Crippen LogP contribution in [0.25, 0.3) is 0 Å². The standard InChI is InChI=1S/C17H22O2/c1-11(2)16(18)19-17(4,5)14-9-13-8-6-7-12(3)15(13)10-14/h6-8,14H,1,9-10H2,2-5H3. The number of carbonyl (C=O) groups excluding carboxylic acids is 1. The van der Waals surface area contributed by atoms with Crippen LogP contribution in [0, 0.1) is 12.8 Å². The third-order valence-electron chi connectivity index (χ3n) is 4.11. The summed E-state index contributed by atoms with van der Waals surface area (Å²) < 4.78 is 5.62. The minimum Gasteiger partial charge on any atom is -0.456 e. The molecule has 0 aromatic heterocycles. The monoisotopic (exact) mass is 258 g/mol. The summed E-state index contributed by atoms with van der Waals surface area (Å²) in [6.07, 6.45) is 1.96. The number of aryl methyl sites for hydroxylation is 1. The molecule has 1 aliphatic carbocycles. The summed E-state index contributed by atoms with van der Waals surface area (Å²) in [4.78, 5) is 11.7. The molecule has 0 N–H and O–H groups in total. The fourth-order valence-corrected chi connectivity index (χ4v) is 2.73. The van der Waals surface area contributed by atoms with Gasteiger partial charge in [-0.25, -0.2) is 4.79 Å². The lowest BCUT2D eigenvalue weighted by Crippen LogP contribution is -2.37. The molecule has 0 amide bonds. The highest BCUT2D eigenvalue weighted by Gasteiger charge is 2.37. The molecule has 0 bridgehead atoms. The number of esters is 1. The Bertz CT molecular complexity index is 526. The van der Waals surface area contributed by atoms with E-state index in [9.17, 15) is 4.79 Å². The summed E-state index contributed by atoms with van der Waals surface area (Å²) in [7, 11) is 0. The van der Waals surface area contributed by atoms with Crippen LogP contribution in [0.5, 0.6) is 0 Å². The Labute approximate surface area is 115 Å². The van der Waals surface area contributed by atoms with Gasteiger partial charge in [0, 0.05) is 11.5 Å². The lowest BCUT2D eigenvalue weighted by Gasteiger charge is -2.31. The van der Waals surface area contributed by atoms with Crippen molar-refractivity contribution in [3.63, 3.8) is 0 Å². The average molecular weight is 258 g/mol. The van der Waals surface area contributed by atoms with E-state index >= 15 is 0 Å². The normalized spacial score (nSPS) is 18.0. The number of benzene rings is 1. The van der Waals surface area contributed by atoms with Crippen LogP contribution in [0.15, 0.2) is 30.4 Å². The molecular formula is C17H22O2.